The summed E-state index contributed by atoms with van der Waals surface area (Å²) in [6.45, 7) is 11.7. The van der Waals surface area contributed by atoms with Crippen LogP contribution in [0.25, 0.3) is 0 Å². The summed E-state index contributed by atoms with van der Waals surface area (Å²) in [6.07, 6.45) is 1.91. The lowest BCUT2D eigenvalue weighted by Gasteiger charge is -2.42. The molecule has 2 aliphatic heterocycles. The first-order valence-electron chi connectivity index (χ1n) is 7.83. The van der Waals surface area contributed by atoms with Crippen molar-refractivity contribution in [2.45, 2.75) is 45.2 Å². The molecule has 0 bridgehead atoms. The Kier molecular flexibility index (Phi) is 5.41. The van der Waals surface area contributed by atoms with Crippen molar-refractivity contribution in [2.75, 3.05) is 39.4 Å². The van der Waals surface area contributed by atoms with Crippen LogP contribution < -0.4 is 10.6 Å². The predicted molar refractivity (Wildman–Crippen MR) is 79.7 cm³/mol. The van der Waals surface area contributed by atoms with Gasteiger partial charge in [0.1, 0.15) is 0 Å². The van der Waals surface area contributed by atoms with Crippen molar-refractivity contribution in [3.63, 3.8) is 0 Å². The lowest BCUT2D eigenvalue weighted by atomic mass is 9.92. The van der Waals surface area contributed by atoms with E-state index in [1.807, 2.05) is 0 Å². The number of carbonyl (C=O) groups is 1. The van der Waals surface area contributed by atoms with E-state index in [9.17, 15) is 4.79 Å². The molecule has 0 radical (unpaired) electrons. The average molecular weight is 283 g/mol. The van der Waals surface area contributed by atoms with Gasteiger partial charge in [-0.1, -0.05) is 0 Å². The van der Waals surface area contributed by atoms with Crippen LogP contribution in [0.1, 0.15) is 33.6 Å². The van der Waals surface area contributed by atoms with E-state index in [1.165, 1.54) is 0 Å². The normalized spacial score (nSPS) is 30.9. The molecule has 0 unspecified atom stereocenters. The first kappa shape index (κ1) is 15.7. The van der Waals surface area contributed by atoms with E-state index >= 15 is 0 Å². The van der Waals surface area contributed by atoms with Crippen LogP contribution in [0.15, 0.2) is 0 Å². The highest BCUT2D eigenvalue weighted by Crippen LogP contribution is 2.18. The summed E-state index contributed by atoms with van der Waals surface area (Å²) in [5.74, 6) is 0.411. The van der Waals surface area contributed by atoms with E-state index in [2.05, 4.69) is 36.3 Å². The van der Waals surface area contributed by atoms with Gasteiger partial charge in [0.05, 0.1) is 13.2 Å². The van der Waals surface area contributed by atoms with Crippen molar-refractivity contribution in [1.29, 1.82) is 0 Å². The molecule has 116 valence electrons. The average Bonchev–Trinajstić information content (AvgIpc) is 2.40. The third-order valence-electron chi connectivity index (χ3n) is 4.49. The molecule has 0 aromatic heterocycles. The highest BCUT2D eigenvalue weighted by Gasteiger charge is 2.30. The summed E-state index contributed by atoms with van der Waals surface area (Å²) in [4.78, 5) is 14.6. The molecule has 0 spiro atoms. The van der Waals surface area contributed by atoms with E-state index in [0.717, 1.165) is 52.2 Å². The van der Waals surface area contributed by atoms with E-state index in [0.29, 0.717) is 6.04 Å². The van der Waals surface area contributed by atoms with Gasteiger partial charge in [-0.05, 0) is 40.2 Å². The highest BCUT2D eigenvalue weighted by molar-refractivity contribution is 5.78. The molecular weight excluding hydrogens is 254 g/mol. The molecule has 0 aliphatic carbocycles. The summed E-state index contributed by atoms with van der Waals surface area (Å²) in [7, 11) is 0. The fourth-order valence-corrected chi connectivity index (χ4v) is 3.13. The lowest BCUT2D eigenvalue weighted by Crippen LogP contribution is -2.55. The Morgan fingerprint density at radius 3 is 3.00 bits per heavy atom. The molecule has 2 fully saturated rings. The minimum atomic E-state index is 0.0756. The number of amides is 1. The van der Waals surface area contributed by atoms with E-state index in [1.54, 1.807) is 0 Å². The van der Waals surface area contributed by atoms with Crippen LogP contribution >= 0.6 is 0 Å². The molecule has 2 saturated heterocycles. The zero-order valence-corrected chi connectivity index (χ0v) is 13.1. The van der Waals surface area contributed by atoms with Crippen molar-refractivity contribution < 1.29 is 9.53 Å². The Morgan fingerprint density at radius 1 is 1.50 bits per heavy atom. The summed E-state index contributed by atoms with van der Waals surface area (Å²) in [6, 6.07) is 0.456. The third kappa shape index (κ3) is 4.17. The number of nitrogens with zero attached hydrogens (tertiary/aromatic N) is 1. The number of morpholine rings is 1. The van der Waals surface area contributed by atoms with Crippen molar-refractivity contribution in [2.24, 2.45) is 5.92 Å². The van der Waals surface area contributed by atoms with Gasteiger partial charge in [-0.15, -0.1) is 0 Å². The maximum Gasteiger partial charge on any atom is 0.223 e. The molecular formula is C15H29N3O2. The molecule has 0 aromatic carbocycles. The SMILES string of the molecule is C[C@H]1C[C@@H](C(=O)NCCN2CCOCC2(C)C)CCN1. The molecule has 1 amide bonds. The smallest absolute Gasteiger partial charge is 0.223 e. The maximum atomic E-state index is 12.2. The summed E-state index contributed by atoms with van der Waals surface area (Å²) in [5.41, 5.74) is 0.0756. The zero-order valence-electron chi connectivity index (χ0n) is 13.1. The van der Waals surface area contributed by atoms with Crippen LogP contribution in [0.3, 0.4) is 0 Å². The molecule has 5 nitrogen and oxygen atoms in total. The van der Waals surface area contributed by atoms with Crippen LogP contribution in [0, 0.1) is 5.92 Å². The van der Waals surface area contributed by atoms with Gasteiger partial charge >= 0.3 is 0 Å². The number of hydrogen-bond donors (Lipinski definition) is 2. The Bertz CT molecular complexity index is 333. The standard InChI is InChI=1S/C15H29N3O2/c1-12-10-13(4-5-16-12)14(19)17-6-7-18-8-9-20-11-15(18,2)3/h12-13,16H,4-11H2,1-3H3,(H,17,19)/t12-,13-/m0/s1. The fraction of sp³-hybridized carbons (Fsp3) is 0.933. The van der Waals surface area contributed by atoms with Gasteiger partial charge < -0.3 is 15.4 Å². The number of rotatable bonds is 4. The molecule has 5 heteroatoms. The second-order valence-electron chi connectivity index (χ2n) is 6.72. The fourth-order valence-electron chi connectivity index (χ4n) is 3.13. The van der Waals surface area contributed by atoms with Crippen molar-refractivity contribution in [1.82, 2.24) is 15.5 Å². The molecule has 2 rings (SSSR count). The minimum Gasteiger partial charge on any atom is -0.378 e. The van der Waals surface area contributed by atoms with Gasteiger partial charge in [0, 0.05) is 37.1 Å². The van der Waals surface area contributed by atoms with Gasteiger partial charge in [-0.25, -0.2) is 0 Å². The Hall–Kier alpha value is -0.650. The Balaban J connectivity index is 1.71. The molecule has 2 atom stereocenters. The van der Waals surface area contributed by atoms with Crippen molar-refractivity contribution in [3.05, 3.63) is 0 Å². The number of ether oxygens (including phenoxy) is 1. The van der Waals surface area contributed by atoms with Crippen LogP contribution in [0.5, 0.6) is 0 Å². The number of nitrogens with one attached hydrogen (secondary N) is 2. The monoisotopic (exact) mass is 283 g/mol. The van der Waals surface area contributed by atoms with Gasteiger partial charge in [-0.2, -0.15) is 0 Å². The number of hydrogen-bond acceptors (Lipinski definition) is 4. The Morgan fingerprint density at radius 2 is 2.30 bits per heavy atom. The number of carbonyl (C=O) groups excluding carboxylic acids is 1. The molecule has 2 aliphatic rings. The topological polar surface area (TPSA) is 53.6 Å². The van der Waals surface area contributed by atoms with E-state index in [-0.39, 0.29) is 17.4 Å². The van der Waals surface area contributed by atoms with Crippen molar-refractivity contribution >= 4 is 5.91 Å². The van der Waals surface area contributed by atoms with E-state index in [4.69, 9.17) is 4.74 Å². The van der Waals surface area contributed by atoms with Crippen LogP contribution in [-0.2, 0) is 9.53 Å². The first-order chi connectivity index (χ1) is 9.49. The Labute approximate surface area is 122 Å². The largest absolute Gasteiger partial charge is 0.378 e. The van der Waals surface area contributed by atoms with Gasteiger partial charge in [-0.3, -0.25) is 9.69 Å². The maximum absolute atomic E-state index is 12.2. The van der Waals surface area contributed by atoms with Gasteiger partial charge in [0.2, 0.25) is 5.91 Å². The minimum absolute atomic E-state index is 0.0756. The number of piperidine rings is 1. The molecule has 2 heterocycles. The predicted octanol–water partition coefficient (Wildman–Crippen LogP) is 0.602. The quantitative estimate of drug-likeness (QED) is 0.793. The van der Waals surface area contributed by atoms with Crippen LogP contribution in [0.4, 0.5) is 0 Å². The summed E-state index contributed by atoms with van der Waals surface area (Å²) < 4.78 is 5.51. The lowest BCUT2D eigenvalue weighted by molar-refractivity contribution is -0.126. The van der Waals surface area contributed by atoms with Gasteiger partial charge in [0.25, 0.3) is 0 Å². The second-order valence-corrected chi connectivity index (χ2v) is 6.72. The highest BCUT2D eigenvalue weighted by atomic mass is 16.5. The van der Waals surface area contributed by atoms with E-state index < -0.39 is 0 Å². The second kappa shape index (κ2) is 6.87. The van der Waals surface area contributed by atoms with Crippen LogP contribution in [0.2, 0.25) is 0 Å². The molecule has 20 heavy (non-hydrogen) atoms. The molecule has 0 saturated carbocycles. The summed E-state index contributed by atoms with van der Waals surface area (Å²) in [5, 5.41) is 6.49. The van der Waals surface area contributed by atoms with Crippen LogP contribution in [-0.4, -0.2) is 61.8 Å². The van der Waals surface area contributed by atoms with Crippen molar-refractivity contribution in [3.8, 4) is 0 Å². The zero-order chi connectivity index (χ0) is 14.6. The third-order valence-corrected chi connectivity index (χ3v) is 4.49. The molecule has 0 aromatic rings. The first-order valence-corrected chi connectivity index (χ1v) is 7.83. The summed E-state index contributed by atoms with van der Waals surface area (Å²) >= 11 is 0. The van der Waals surface area contributed by atoms with Gasteiger partial charge in [0.15, 0.2) is 0 Å². The molecule has 2 N–H and O–H groups in total.